The van der Waals surface area contributed by atoms with Crippen molar-refractivity contribution in [3.8, 4) is 45.1 Å². The molecule has 3 nitrogen and oxygen atoms in total. The van der Waals surface area contributed by atoms with Crippen molar-refractivity contribution in [1.82, 2.24) is 4.98 Å². The van der Waals surface area contributed by atoms with E-state index in [9.17, 15) is 0 Å². The fourth-order valence-corrected chi connectivity index (χ4v) is 5.71. The molecule has 0 aliphatic carbocycles. The van der Waals surface area contributed by atoms with Crippen LogP contribution in [0.4, 0.5) is 0 Å². The van der Waals surface area contributed by atoms with Crippen LogP contribution in [0.3, 0.4) is 0 Å². The van der Waals surface area contributed by atoms with Crippen molar-refractivity contribution in [2.75, 3.05) is 0 Å². The third-order valence-electron chi connectivity index (χ3n) is 8.43. The fraction of sp³-hybridized carbons (Fsp3) is 0.186. The number of aromatic nitrogens is 1. The first-order valence-corrected chi connectivity index (χ1v) is 15.7. The van der Waals surface area contributed by atoms with Crippen LogP contribution in [0.25, 0.3) is 55.4 Å². The second-order valence-electron chi connectivity index (χ2n) is 13.9. The molecule has 5 aromatic carbocycles. The minimum Gasteiger partial charge on any atom is -0.512 e. The van der Waals surface area contributed by atoms with E-state index < -0.39 is 0 Å². The average Bonchev–Trinajstić information content (AvgIpc) is 3.44. The van der Waals surface area contributed by atoms with Crippen molar-refractivity contribution in [2.45, 2.75) is 52.4 Å². The Morgan fingerprint density at radius 1 is 0.638 bits per heavy atom. The summed E-state index contributed by atoms with van der Waals surface area (Å²) in [5, 5.41) is 2.03. The van der Waals surface area contributed by atoms with E-state index in [0.29, 0.717) is 17.2 Å². The van der Waals surface area contributed by atoms with E-state index in [1.54, 1.807) is 0 Å². The molecule has 0 N–H and O–H groups in total. The molecule has 2 aromatic heterocycles. The minimum absolute atomic E-state index is 0. The molecule has 0 atom stereocenters. The number of furan rings is 1. The fourth-order valence-electron chi connectivity index (χ4n) is 5.71. The molecule has 47 heavy (non-hydrogen) atoms. The van der Waals surface area contributed by atoms with Gasteiger partial charge < -0.3 is 9.15 Å². The summed E-state index contributed by atoms with van der Waals surface area (Å²) in [5.41, 5.74) is 9.94. The van der Waals surface area contributed by atoms with E-state index in [-0.39, 0.29) is 33.2 Å². The molecular weight excluding hydrogens is 759 g/mol. The summed E-state index contributed by atoms with van der Waals surface area (Å²) in [5.74, 6) is 0.960. The van der Waals surface area contributed by atoms with Gasteiger partial charge in [-0.1, -0.05) is 107 Å². The van der Waals surface area contributed by atoms with Gasteiger partial charge in [0.2, 0.25) is 5.88 Å². The zero-order valence-electron chi connectivity index (χ0n) is 27.5. The second kappa shape index (κ2) is 12.7. The van der Waals surface area contributed by atoms with Gasteiger partial charge in [0, 0.05) is 11.1 Å². The number of hydrogen-bond donors (Lipinski definition) is 0. The molecule has 4 heteroatoms. The monoisotopic (exact) mass is 795 g/mol. The van der Waals surface area contributed by atoms with Gasteiger partial charge in [0.25, 0.3) is 0 Å². The van der Waals surface area contributed by atoms with Crippen molar-refractivity contribution in [1.29, 1.82) is 0 Å². The molecule has 0 aliphatic heterocycles. The number of pyridine rings is 1. The van der Waals surface area contributed by atoms with Crippen LogP contribution >= 0.6 is 0 Å². The van der Waals surface area contributed by atoms with Crippen molar-refractivity contribution < 1.29 is 31.5 Å². The Labute approximate surface area is 293 Å². The summed E-state index contributed by atoms with van der Waals surface area (Å²) in [7, 11) is 0. The molecule has 0 radical (unpaired) electrons. The summed E-state index contributed by atoms with van der Waals surface area (Å²) in [4.78, 5) is 4.94. The van der Waals surface area contributed by atoms with Crippen LogP contribution in [0.5, 0.6) is 11.6 Å². The van der Waals surface area contributed by atoms with Gasteiger partial charge in [0.1, 0.15) is 5.58 Å². The molecule has 0 amide bonds. The van der Waals surface area contributed by atoms with Gasteiger partial charge in [0.15, 0.2) is 0 Å². The van der Waals surface area contributed by atoms with E-state index in [1.165, 1.54) is 11.1 Å². The molecule has 0 bridgehead atoms. The first kappa shape index (κ1) is 32.5. The molecule has 2 heterocycles. The minimum atomic E-state index is 0. The van der Waals surface area contributed by atoms with Crippen LogP contribution < -0.4 is 4.74 Å². The number of fused-ring (bicyclic) bond motifs is 3. The van der Waals surface area contributed by atoms with Gasteiger partial charge in [-0.3, -0.25) is 4.98 Å². The smallest absolute Gasteiger partial charge is 0.512 e. The van der Waals surface area contributed by atoms with Crippen molar-refractivity contribution in [3.05, 3.63) is 139 Å². The Bertz CT molecular complexity index is 2100. The first-order chi connectivity index (χ1) is 22.0. The van der Waals surface area contributed by atoms with E-state index >= 15 is 0 Å². The summed E-state index contributed by atoms with van der Waals surface area (Å²) in [6.45, 7) is 13.4. The Morgan fingerprint density at radius 2 is 1.36 bits per heavy atom. The Hall–Kier alpha value is -4.41. The first-order valence-electron chi connectivity index (χ1n) is 15.7. The van der Waals surface area contributed by atoms with Crippen LogP contribution in [0, 0.1) is 18.2 Å². The third kappa shape index (κ3) is 6.71. The number of ether oxygens (including phenoxy) is 1. The van der Waals surface area contributed by atoms with Crippen molar-refractivity contribution in [3.63, 3.8) is 0 Å². The quantitative estimate of drug-likeness (QED) is 0.129. The molecule has 0 aliphatic rings. The van der Waals surface area contributed by atoms with Crippen LogP contribution in [0.2, 0.25) is 0 Å². The molecule has 0 fully saturated rings. The van der Waals surface area contributed by atoms with E-state index in [1.807, 2.05) is 48.5 Å². The number of benzene rings is 5. The zero-order valence-corrected chi connectivity index (χ0v) is 29.6. The number of nitrogens with zero attached hydrogens (tertiary/aromatic N) is 1. The van der Waals surface area contributed by atoms with Crippen LogP contribution in [-0.4, -0.2) is 4.98 Å². The zero-order chi connectivity index (χ0) is 32.1. The Balaban J connectivity index is 0.00000386. The summed E-state index contributed by atoms with van der Waals surface area (Å²) in [6.07, 6.45) is 0. The third-order valence-corrected chi connectivity index (χ3v) is 8.43. The van der Waals surface area contributed by atoms with Crippen LogP contribution in [0.1, 0.15) is 52.7 Å². The van der Waals surface area contributed by atoms with Gasteiger partial charge in [-0.15, -0.1) is 29.3 Å². The summed E-state index contributed by atoms with van der Waals surface area (Å²) >= 11 is 0. The number of hydrogen-bond acceptors (Lipinski definition) is 3. The SMILES string of the molecule is CC(C)(C)c1c[c-]c(-c2[c-]c(-c3cccc(Oc4[c-]ccc5c4oc4ccccc45)n3)cc(-c3ccc(C(C)(C)C)cc3)c2)cc1.[Au+3]. The van der Waals surface area contributed by atoms with E-state index in [2.05, 4.69) is 120 Å². The van der Waals surface area contributed by atoms with Crippen LogP contribution in [0.15, 0.2) is 114 Å². The summed E-state index contributed by atoms with van der Waals surface area (Å²) in [6, 6.07) is 47.6. The second-order valence-corrected chi connectivity index (χ2v) is 13.9. The number of para-hydroxylation sites is 1. The molecule has 236 valence electrons. The van der Waals surface area contributed by atoms with Gasteiger partial charge >= 0.3 is 22.4 Å². The topological polar surface area (TPSA) is 35.3 Å². The molecule has 7 rings (SSSR count). The van der Waals surface area contributed by atoms with Crippen molar-refractivity contribution >= 4 is 21.9 Å². The predicted molar refractivity (Wildman–Crippen MR) is 188 cm³/mol. The normalized spacial score (nSPS) is 11.9. The maximum atomic E-state index is 6.32. The van der Waals surface area contributed by atoms with Gasteiger partial charge in [-0.25, -0.2) is 5.56 Å². The molecule has 0 spiro atoms. The Morgan fingerprint density at radius 3 is 2.09 bits per heavy atom. The molecule has 0 unspecified atom stereocenters. The average molecular weight is 796 g/mol. The molecule has 0 saturated heterocycles. The van der Waals surface area contributed by atoms with Gasteiger partial charge in [-0.05, 0) is 34.1 Å². The Kier molecular flexibility index (Phi) is 8.76. The summed E-state index contributed by atoms with van der Waals surface area (Å²) < 4.78 is 12.5. The molecule has 7 aromatic rings. The van der Waals surface area contributed by atoms with Crippen molar-refractivity contribution in [2.24, 2.45) is 0 Å². The molecular formula is C43H36AuNO2. The maximum absolute atomic E-state index is 6.32. The van der Waals surface area contributed by atoms with Gasteiger partial charge in [0.05, 0.1) is 11.3 Å². The number of rotatable bonds is 5. The van der Waals surface area contributed by atoms with E-state index in [0.717, 1.165) is 49.9 Å². The van der Waals surface area contributed by atoms with Crippen LogP contribution in [-0.2, 0) is 33.2 Å². The molecule has 0 saturated carbocycles. The predicted octanol–water partition coefficient (Wildman–Crippen LogP) is 11.8. The van der Waals surface area contributed by atoms with E-state index in [4.69, 9.17) is 14.1 Å². The standard InChI is InChI=1S/C43H36NO2.Au/c1-42(2,3)33-21-17-28(18-22-33)30-25-31(29-19-23-34(24-20-29)43(4,5)6)27-32(26-30)37-13-10-16-40(44-37)45-39-15-9-12-36-35-11-7-8-14-38(35)46-41(36)39;/h7-14,16-19,21-26H,1-6H3;/q-3;+3. The maximum Gasteiger partial charge on any atom is 3.00 e. The van der Waals surface area contributed by atoms with Gasteiger partial charge in [-0.2, -0.15) is 48.0 Å². The largest absolute Gasteiger partial charge is 3.00 e.